The van der Waals surface area contributed by atoms with Crippen molar-refractivity contribution in [2.75, 3.05) is 5.32 Å². The minimum absolute atomic E-state index is 0.00491. The molecule has 41 heavy (non-hydrogen) atoms. The molecule has 7 nitrogen and oxygen atoms in total. The van der Waals surface area contributed by atoms with Crippen LogP contribution in [-0.4, -0.2) is 25.7 Å². The lowest BCUT2D eigenvalue weighted by atomic mass is 10.1. The molecule has 0 aliphatic heterocycles. The lowest BCUT2D eigenvalue weighted by Gasteiger charge is -2.09. The van der Waals surface area contributed by atoms with Gasteiger partial charge in [0.1, 0.15) is 0 Å². The van der Waals surface area contributed by atoms with Crippen molar-refractivity contribution in [2.24, 2.45) is 0 Å². The number of alkyl halides is 3. The molecule has 3 heterocycles. The molecular formula is C31H23F3N6O. The number of aromatic nitrogens is 4. The van der Waals surface area contributed by atoms with Crippen LogP contribution in [0, 0.1) is 0 Å². The second-order valence-corrected chi connectivity index (χ2v) is 9.51. The second-order valence-electron chi connectivity index (χ2n) is 9.51. The van der Waals surface area contributed by atoms with E-state index in [0.717, 1.165) is 45.2 Å². The Morgan fingerprint density at radius 3 is 2.59 bits per heavy atom. The van der Waals surface area contributed by atoms with E-state index in [9.17, 15) is 18.0 Å². The Labute approximate surface area is 232 Å². The largest absolute Gasteiger partial charge is 0.416 e. The highest BCUT2D eigenvalue weighted by Gasteiger charge is 2.30. The van der Waals surface area contributed by atoms with Gasteiger partial charge in [-0.3, -0.25) is 14.3 Å². The molecule has 0 aliphatic carbocycles. The van der Waals surface area contributed by atoms with E-state index in [2.05, 4.69) is 25.8 Å². The second kappa shape index (κ2) is 10.7. The van der Waals surface area contributed by atoms with Crippen LogP contribution >= 0.6 is 0 Å². The number of rotatable bonds is 7. The molecule has 0 aliphatic rings. The first-order valence-electron chi connectivity index (χ1n) is 12.8. The summed E-state index contributed by atoms with van der Waals surface area (Å²) in [5.74, 6) is 0.842. The van der Waals surface area contributed by atoms with Crippen LogP contribution in [0.2, 0.25) is 0 Å². The Morgan fingerprint density at radius 1 is 0.878 bits per heavy atom. The van der Waals surface area contributed by atoms with Gasteiger partial charge in [0.15, 0.2) is 11.6 Å². The van der Waals surface area contributed by atoms with E-state index in [1.54, 1.807) is 12.3 Å². The summed E-state index contributed by atoms with van der Waals surface area (Å²) in [6.45, 7) is -0.00491. The number of anilines is 2. The van der Waals surface area contributed by atoms with Crippen LogP contribution < -0.4 is 10.6 Å². The van der Waals surface area contributed by atoms with Gasteiger partial charge in [-0.2, -0.15) is 13.2 Å². The molecule has 10 heteroatoms. The van der Waals surface area contributed by atoms with E-state index in [1.807, 2.05) is 77.5 Å². The van der Waals surface area contributed by atoms with Gasteiger partial charge in [0.05, 0.1) is 23.0 Å². The quantitative estimate of drug-likeness (QED) is 0.233. The molecule has 0 bridgehead atoms. The Morgan fingerprint density at radius 2 is 1.76 bits per heavy atom. The van der Waals surface area contributed by atoms with Crippen LogP contribution in [0.5, 0.6) is 0 Å². The van der Waals surface area contributed by atoms with Gasteiger partial charge in [-0.05, 0) is 65.7 Å². The van der Waals surface area contributed by atoms with Crippen LogP contribution in [0.4, 0.5) is 24.7 Å². The molecule has 2 N–H and O–H groups in total. The van der Waals surface area contributed by atoms with Crippen LogP contribution in [0.3, 0.4) is 0 Å². The number of carbonyl (C=O) groups excluding carboxylic acids is 1. The monoisotopic (exact) mass is 552 g/mol. The van der Waals surface area contributed by atoms with E-state index >= 15 is 0 Å². The number of amides is 1. The molecule has 0 saturated carbocycles. The first-order valence-corrected chi connectivity index (χ1v) is 12.8. The lowest BCUT2D eigenvalue weighted by Crippen LogP contribution is -2.24. The van der Waals surface area contributed by atoms with Crippen molar-refractivity contribution >= 4 is 39.2 Å². The van der Waals surface area contributed by atoms with Gasteiger partial charge in [0, 0.05) is 35.4 Å². The SMILES string of the molecule is O=C(Cc1cn(-c2ccc(Nc3ccc4ncccc4c3)nn2)c2ccccc12)NCc1cccc(C(F)(F)F)c1. The molecule has 6 aromatic rings. The normalized spacial score (nSPS) is 11.6. The van der Waals surface area contributed by atoms with E-state index in [0.29, 0.717) is 17.2 Å². The van der Waals surface area contributed by atoms with Crippen molar-refractivity contribution in [2.45, 2.75) is 19.1 Å². The molecule has 3 aromatic heterocycles. The predicted molar refractivity (Wildman–Crippen MR) is 151 cm³/mol. The van der Waals surface area contributed by atoms with Crippen molar-refractivity contribution in [1.29, 1.82) is 0 Å². The van der Waals surface area contributed by atoms with Crippen LogP contribution in [0.15, 0.2) is 103 Å². The zero-order valence-electron chi connectivity index (χ0n) is 21.6. The minimum atomic E-state index is -4.44. The summed E-state index contributed by atoms with van der Waals surface area (Å²) in [5.41, 5.74) is 3.00. The molecule has 3 aromatic carbocycles. The minimum Gasteiger partial charge on any atom is -0.352 e. The average molecular weight is 553 g/mol. The van der Waals surface area contributed by atoms with Crippen molar-refractivity contribution < 1.29 is 18.0 Å². The van der Waals surface area contributed by atoms with Gasteiger partial charge in [0.2, 0.25) is 5.91 Å². The lowest BCUT2D eigenvalue weighted by molar-refractivity contribution is -0.137. The summed E-state index contributed by atoms with van der Waals surface area (Å²) in [6, 6.07) is 25.9. The van der Waals surface area contributed by atoms with E-state index in [-0.39, 0.29) is 18.9 Å². The topological polar surface area (TPSA) is 84.7 Å². The van der Waals surface area contributed by atoms with E-state index in [4.69, 9.17) is 0 Å². The maximum atomic E-state index is 13.0. The first kappa shape index (κ1) is 26.0. The number of halogens is 3. The predicted octanol–water partition coefficient (Wildman–Crippen LogP) is 6.59. The number of fused-ring (bicyclic) bond motifs is 2. The number of hydrogen-bond donors (Lipinski definition) is 2. The van der Waals surface area contributed by atoms with Gasteiger partial charge in [-0.1, -0.05) is 36.4 Å². The fraction of sp³-hybridized carbons (Fsp3) is 0.0968. The van der Waals surface area contributed by atoms with Crippen molar-refractivity contribution in [3.8, 4) is 5.82 Å². The van der Waals surface area contributed by atoms with Gasteiger partial charge < -0.3 is 10.6 Å². The molecule has 0 spiro atoms. The van der Waals surface area contributed by atoms with Gasteiger partial charge in [-0.25, -0.2) is 0 Å². The molecular weight excluding hydrogens is 529 g/mol. The molecule has 6 rings (SSSR count). The number of pyridine rings is 1. The molecule has 1 amide bonds. The number of nitrogens with one attached hydrogen (secondary N) is 2. The highest BCUT2D eigenvalue weighted by molar-refractivity contribution is 5.90. The Bertz CT molecular complexity index is 1860. The number of nitrogens with zero attached hydrogens (tertiary/aromatic N) is 4. The van der Waals surface area contributed by atoms with Crippen LogP contribution in [0.25, 0.3) is 27.6 Å². The molecule has 0 radical (unpaired) electrons. The fourth-order valence-electron chi connectivity index (χ4n) is 4.70. The summed E-state index contributed by atoms with van der Waals surface area (Å²) in [4.78, 5) is 17.1. The summed E-state index contributed by atoms with van der Waals surface area (Å²) in [5, 5.41) is 16.6. The van der Waals surface area contributed by atoms with E-state index < -0.39 is 11.7 Å². The maximum Gasteiger partial charge on any atom is 0.416 e. The molecule has 0 fully saturated rings. The molecule has 0 unspecified atom stereocenters. The zero-order chi connectivity index (χ0) is 28.4. The number of para-hydroxylation sites is 1. The fourth-order valence-corrected chi connectivity index (χ4v) is 4.70. The standard InChI is InChI=1S/C31H23F3N6O/c32-31(33,34)23-7-3-5-20(15-23)18-36-30(41)17-22-19-40(27-9-2-1-8-25(22)27)29-13-12-28(38-39-29)37-24-10-11-26-21(16-24)6-4-14-35-26/h1-16,19H,17-18H2,(H,36,41)(H,37,38). The van der Waals surface area contributed by atoms with Gasteiger partial charge >= 0.3 is 6.18 Å². The zero-order valence-corrected chi connectivity index (χ0v) is 21.6. The van der Waals surface area contributed by atoms with Gasteiger partial charge in [-0.15, -0.1) is 10.2 Å². The van der Waals surface area contributed by atoms with Crippen molar-refractivity contribution in [3.63, 3.8) is 0 Å². The third-order valence-corrected chi connectivity index (χ3v) is 6.66. The highest BCUT2D eigenvalue weighted by atomic mass is 19.4. The Kier molecular flexibility index (Phi) is 6.80. The average Bonchev–Trinajstić information content (AvgIpc) is 3.34. The third-order valence-electron chi connectivity index (χ3n) is 6.66. The van der Waals surface area contributed by atoms with Crippen molar-refractivity contribution in [3.05, 3.63) is 120 Å². The van der Waals surface area contributed by atoms with Crippen LogP contribution in [0.1, 0.15) is 16.7 Å². The molecule has 204 valence electrons. The highest BCUT2D eigenvalue weighted by Crippen LogP contribution is 2.30. The smallest absolute Gasteiger partial charge is 0.352 e. The number of carbonyl (C=O) groups is 1. The van der Waals surface area contributed by atoms with Crippen molar-refractivity contribution in [1.82, 2.24) is 25.1 Å². The summed E-state index contributed by atoms with van der Waals surface area (Å²) >= 11 is 0. The maximum absolute atomic E-state index is 13.0. The van der Waals surface area contributed by atoms with Crippen LogP contribution in [-0.2, 0) is 23.9 Å². The number of benzene rings is 3. The Hall–Kier alpha value is -5.25. The molecule has 0 atom stereocenters. The first-order chi connectivity index (χ1) is 19.8. The molecule has 0 saturated heterocycles. The summed E-state index contributed by atoms with van der Waals surface area (Å²) in [6.07, 6.45) is -0.797. The summed E-state index contributed by atoms with van der Waals surface area (Å²) in [7, 11) is 0. The summed E-state index contributed by atoms with van der Waals surface area (Å²) < 4.78 is 40.9. The van der Waals surface area contributed by atoms with E-state index in [1.165, 1.54) is 6.07 Å². The number of hydrogen-bond acceptors (Lipinski definition) is 5. The van der Waals surface area contributed by atoms with Gasteiger partial charge in [0.25, 0.3) is 0 Å². The third kappa shape index (κ3) is 5.72. The Balaban J connectivity index is 1.18.